The molecule has 3 nitrogen and oxygen atoms in total. The maximum Gasteiger partial charge on any atom is 0.182 e. The molecule has 0 aromatic heterocycles. The first-order chi connectivity index (χ1) is 10.4. The maximum absolute atomic E-state index is 12.8. The SMILES string of the molecule is Cc1ccc([C@H]2[C@@H](C=O)[C@@H]2S(=O)(=O)c2ccc(C)cc2)cc1. The second-order valence-corrected chi connectivity index (χ2v) is 8.08. The van der Waals surface area contributed by atoms with Gasteiger partial charge in [-0.25, -0.2) is 8.42 Å². The summed E-state index contributed by atoms with van der Waals surface area (Å²) in [7, 11) is -3.48. The number of hydrogen-bond donors (Lipinski definition) is 0. The van der Waals surface area contributed by atoms with Crippen LogP contribution in [0.5, 0.6) is 0 Å². The van der Waals surface area contributed by atoms with Gasteiger partial charge < -0.3 is 4.79 Å². The molecule has 4 heteroatoms. The Hall–Kier alpha value is -1.94. The van der Waals surface area contributed by atoms with Crippen molar-refractivity contribution in [2.45, 2.75) is 29.9 Å². The third-order valence-electron chi connectivity index (χ3n) is 4.33. The maximum atomic E-state index is 12.8. The molecular formula is C18H18O3S. The summed E-state index contributed by atoms with van der Waals surface area (Å²) in [6.07, 6.45) is 0.779. The highest BCUT2D eigenvalue weighted by molar-refractivity contribution is 7.92. The molecule has 1 saturated carbocycles. The molecule has 0 saturated heterocycles. The van der Waals surface area contributed by atoms with Crippen molar-refractivity contribution in [3.63, 3.8) is 0 Å². The van der Waals surface area contributed by atoms with E-state index in [0.717, 1.165) is 23.0 Å². The summed E-state index contributed by atoms with van der Waals surface area (Å²) in [5, 5.41) is -0.643. The number of carbonyl (C=O) groups is 1. The average Bonchev–Trinajstić information content (AvgIpc) is 3.24. The van der Waals surface area contributed by atoms with Gasteiger partial charge in [-0.15, -0.1) is 0 Å². The van der Waals surface area contributed by atoms with E-state index in [0.29, 0.717) is 4.90 Å². The van der Waals surface area contributed by atoms with Crippen LogP contribution in [0.4, 0.5) is 0 Å². The van der Waals surface area contributed by atoms with E-state index in [1.807, 2.05) is 38.1 Å². The predicted molar refractivity (Wildman–Crippen MR) is 85.6 cm³/mol. The second-order valence-electron chi connectivity index (χ2n) is 5.97. The Kier molecular flexibility index (Phi) is 3.65. The van der Waals surface area contributed by atoms with Gasteiger partial charge in [0.1, 0.15) is 6.29 Å². The highest BCUT2D eigenvalue weighted by Gasteiger charge is 2.58. The normalized spacial score (nSPS) is 24.0. The third-order valence-corrected chi connectivity index (χ3v) is 6.59. The van der Waals surface area contributed by atoms with Gasteiger partial charge in [0, 0.05) is 11.8 Å². The van der Waals surface area contributed by atoms with Crippen LogP contribution in [0.3, 0.4) is 0 Å². The van der Waals surface area contributed by atoms with Gasteiger partial charge in [0.25, 0.3) is 0 Å². The molecule has 22 heavy (non-hydrogen) atoms. The lowest BCUT2D eigenvalue weighted by Gasteiger charge is -2.05. The van der Waals surface area contributed by atoms with E-state index >= 15 is 0 Å². The predicted octanol–water partition coefficient (Wildman–Crippen LogP) is 3.06. The number of sulfone groups is 1. The lowest BCUT2D eigenvalue weighted by molar-refractivity contribution is -0.108. The first-order valence-corrected chi connectivity index (χ1v) is 8.82. The summed E-state index contributed by atoms with van der Waals surface area (Å²) in [6.45, 7) is 3.89. The number of aryl methyl sites for hydroxylation is 2. The number of benzene rings is 2. The molecule has 1 fully saturated rings. The number of rotatable bonds is 4. The molecule has 0 aliphatic heterocycles. The molecule has 3 atom stereocenters. The zero-order valence-corrected chi connectivity index (χ0v) is 13.4. The topological polar surface area (TPSA) is 51.2 Å². The zero-order valence-electron chi connectivity index (χ0n) is 12.6. The highest BCUT2D eigenvalue weighted by Crippen LogP contribution is 2.52. The van der Waals surface area contributed by atoms with Crippen molar-refractivity contribution in [3.8, 4) is 0 Å². The first kappa shape index (κ1) is 15.0. The van der Waals surface area contributed by atoms with Crippen molar-refractivity contribution in [3.05, 3.63) is 65.2 Å². The van der Waals surface area contributed by atoms with Crippen LogP contribution in [0.25, 0.3) is 0 Å². The average molecular weight is 314 g/mol. The Bertz CT molecular complexity index is 789. The molecule has 0 spiro atoms. The molecular weight excluding hydrogens is 296 g/mol. The van der Waals surface area contributed by atoms with E-state index < -0.39 is 21.0 Å². The van der Waals surface area contributed by atoms with Gasteiger partial charge in [-0.2, -0.15) is 0 Å². The molecule has 1 aliphatic carbocycles. The Morgan fingerprint density at radius 3 is 1.86 bits per heavy atom. The van der Waals surface area contributed by atoms with Crippen LogP contribution in [0.15, 0.2) is 53.4 Å². The molecule has 2 aromatic carbocycles. The minimum absolute atomic E-state index is 0.232. The standard InChI is InChI=1S/C18H18O3S/c1-12-3-7-14(8-4-12)17-16(11-19)18(17)22(20,21)15-9-5-13(2)6-10-15/h3-11,16-18H,1-2H3/t16-,17+,18+/m1/s1. The van der Waals surface area contributed by atoms with E-state index in [1.54, 1.807) is 24.3 Å². The Labute approximate surface area is 130 Å². The first-order valence-electron chi connectivity index (χ1n) is 7.27. The fourth-order valence-corrected chi connectivity index (χ4v) is 5.06. The molecule has 0 amide bonds. The van der Waals surface area contributed by atoms with Crippen molar-refractivity contribution >= 4 is 16.1 Å². The van der Waals surface area contributed by atoms with Gasteiger partial charge >= 0.3 is 0 Å². The summed E-state index contributed by atoms with van der Waals surface area (Å²) in [5.41, 5.74) is 3.05. The molecule has 1 aliphatic rings. The molecule has 0 N–H and O–H groups in total. The number of carbonyl (C=O) groups excluding carboxylic acids is 1. The van der Waals surface area contributed by atoms with E-state index in [2.05, 4.69) is 0 Å². The summed E-state index contributed by atoms with van der Waals surface area (Å²) in [6, 6.07) is 14.5. The van der Waals surface area contributed by atoms with Crippen LogP contribution < -0.4 is 0 Å². The molecule has 3 rings (SSSR count). The van der Waals surface area contributed by atoms with Crippen LogP contribution in [0.2, 0.25) is 0 Å². The minimum Gasteiger partial charge on any atom is -0.303 e. The summed E-state index contributed by atoms with van der Waals surface area (Å²) in [5.74, 6) is -0.682. The van der Waals surface area contributed by atoms with Gasteiger partial charge in [-0.3, -0.25) is 0 Å². The summed E-state index contributed by atoms with van der Waals surface area (Å²) in [4.78, 5) is 11.6. The summed E-state index contributed by atoms with van der Waals surface area (Å²) < 4.78 is 25.5. The van der Waals surface area contributed by atoms with Crippen molar-refractivity contribution in [1.29, 1.82) is 0 Å². The Morgan fingerprint density at radius 2 is 1.36 bits per heavy atom. The largest absolute Gasteiger partial charge is 0.303 e. The number of hydrogen-bond acceptors (Lipinski definition) is 3. The van der Waals surface area contributed by atoms with Crippen LogP contribution in [0.1, 0.15) is 22.6 Å². The summed E-state index contributed by atoms with van der Waals surface area (Å²) >= 11 is 0. The van der Waals surface area contributed by atoms with Gasteiger partial charge in [-0.05, 0) is 31.5 Å². The molecule has 0 radical (unpaired) electrons. The van der Waals surface area contributed by atoms with Crippen molar-refractivity contribution in [2.75, 3.05) is 0 Å². The van der Waals surface area contributed by atoms with Crippen LogP contribution >= 0.6 is 0 Å². The van der Waals surface area contributed by atoms with Crippen LogP contribution in [0, 0.1) is 19.8 Å². The quantitative estimate of drug-likeness (QED) is 0.815. The second kappa shape index (κ2) is 5.36. The van der Waals surface area contributed by atoms with Gasteiger partial charge in [0.05, 0.1) is 10.1 Å². The molecule has 0 heterocycles. The van der Waals surface area contributed by atoms with E-state index in [-0.39, 0.29) is 5.92 Å². The fraction of sp³-hybridized carbons (Fsp3) is 0.278. The smallest absolute Gasteiger partial charge is 0.182 e. The van der Waals surface area contributed by atoms with Gasteiger partial charge in [0.2, 0.25) is 0 Å². The molecule has 0 unspecified atom stereocenters. The van der Waals surface area contributed by atoms with Crippen molar-refractivity contribution < 1.29 is 13.2 Å². The van der Waals surface area contributed by atoms with Crippen LogP contribution in [-0.2, 0) is 14.6 Å². The third kappa shape index (κ3) is 2.48. The number of aldehydes is 1. The van der Waals surface area contributed by atoms with Gasteiger partial charge in [-0.1, -0.05) is 47.5 Å². The zero-order chi connectivity index (χ0) is 15.9. The van der Waals surface area contributed by atoms with E-state index in [9.17, 15) is 13.2 Å². The van der Waals surface area contributed by atoms with Crippen molar-refractivity contribution in [2.24, 2.45) is 5.92 Å². The minimum atomic E-state index is -3.48. The lowest BCUT2D eigenvalue weighted by atomic mass is 10.1. The highest BCUT2D eigenvalue weighted by atomic mass is 32.2. The lowest BCUT2D eigenvalue weighted by Crippen LogP contribution is -2.11. The molecule has 2 aromatic rings. The van der Waals surface area contributed by atoms with Crippen LogP contribution in [-0.4, -0.2) is 20.0 Å². The molecule has 114 valence electrons. The van der Waals surface area contributed by atoms with Crippen molar-refractivity contribution in [1.82, 2.24) is 0 Å². The van der Waals surface area contributed by atoms with E-state index in [1.165, 1.54) is 0 Å². The molecule has 0 bridgehead atoms. The van der Waals surface area contributed by atoms with Gasteiger partial charge in [0.15, 0.2) is 9.84 Å². The van der Waals surface area contributed by atoms with E-state index in [4.69, 9.17) is 0 Å². The fourth-order valence-electron chi connectivity index (χ4n) is 2.95. The monoisotopic (exact) mass is 314 g/mol. The Balaban J connectivity index is 1.95. The Morgan fingerprint density at radius 1 is 0.864 bits per heavy atom.